The Morgan fingerprint density at radius 3 is 2.42 bits per heavy atom. The minimum Gasteiger partial charge on any atom is -0.335 e. The van der Waals surface area contributed by atoms with E-state index in [1.165, 1.54) is 12.1 Å². The minimum atomic E-state index is -4.16. The Kier molecular flexibility index (Phi) is 6.41. The van der Waals surface area contributed by atoms with Crippen molar-refractivity contribution in [1.82, 2.24) is 14.3 Å². The molecular formula is C23H21F2N5O2S. The van der Waals surface area contributed by atoms with Crippen LogP contribution >= 0.6 is 0 Å². The van der Waals surface area contributed by atoms with E-state index in [0.717, 1.165) is 37.4 Å². The van der Waals surface area contributed by atoms with E-state index < -0.39 is 29.4 Å². The van der Waals surface area contributed by atoms with Gasteiger partial charge in [-0.25, -0.2) is 21.9 Å². The number of hydrogen-bond acceptors (Lipinski definition) is 5. The lowest BCUT2D eigenvalue weighted by molar-refractivity contribution is 0.334. The Labute approximate surface area is 190 Å². The van der Waals surface area contributed by atoms with Gasteiger partial charge in [0.05, 0.1) is 40.1 Å². The van der Waals surface area contributed by atoms with E-state index in [2.05, 4.69) is 17.1 Å². The fourth-order valence-electron chi connectivity index (χ4n) is 4.36. The second-order valence-corrected chi connectivity index (χ2v) is 9.71. The first-order valence-electron chi connectivity index (χ1n) is 10.5. The van der Waals surface area contributed by atoms with E-state index in [1.54, 1.807) is 18.2 Å². The highest BCUT2D eigenvalue weighted by molar-refractivity contribution is 7.89. The maximum atomic E-state index is 12.8. The van der Waals surface area contributed by atoms with Crippen molar-refractivity contribution in [3.05, 3.63) is 47.7 Å². The highest BCUT2D eigenvalue weighted by atomic mass is 32.2. The summed E-state index contributed by atoms with van der Waals surface area (Å²) in [5.41, 5.74) is 2.61. The van der Waals surface area contributed by atoms with Gasteiger partial charge in [-0.1, -0.05) is 18.9 Å². The molecule has 0 radical (unpaired) electrons. The smallest absolute Gasteiger partial charge is 0.242 e. The van der Waals surface area contributed by atoms with Gasteiger partial charge in [0.15, 0.2) is 0 Å². The average molecular weight is 470 g/mol. The predicted octanol–water partition coefficient (Wildman–Crippen LogP) is 4.15. The van der Waals surface area contributed by atoms with E-state index in [4.69, 9.17) is 0 Å². The number of sulfonamides is 1. The third kappa shape index (κ3) is 4.20. The summed E-state index contributed by atoms with van der Waals surface area (Å²) in [5.74, 6) is 0. The van der Waals surface area contributed by atoms with Crippen molar-refractivity contribution < 1.29 is 17.2 Å². The molecule has 1 aliphatic rings. The van der Waals surface area contributed by atoms with Gasteiger partial charge in [-0.15, -0.1) is 0 Å². The van der Waals surface area contributed by atoms with Crippen LogP contribution < -0.4 is 4.72 Å². The van der Waals surface area contributed by atoms with E-state index in [-0.39, 0.29) is 10.9 Å². The summed E-state index contributed by atoms with van der Waals surface area (Å²) in [6, 6.07) is 11.0. The SMILES string of the molecule is N#Cc1ccc2c(C#N)c(-c3ccc(S(=O)(=O)NC(CF)CF)cn3)n(C3CCCC3)c2c1. The van der Waals surface area contributed by atoms with Crippen LogP contribution in [-0.2, 0) is 10.0 Å². The molecule has 2 aromatic heterocycles. The van der Waals surface area contributed by atoms with Crippen LogP contribution in [0.2, 0.25) is 0 Å². The highest BCUT2D eigenvalue weighted by Gasteiger charge is 2.28. The molecule has 10 heteroatoms. The van der Waals surface area contributed by atoms with Gasteiger partial charge in [0.1, 0.15) is 24.3 Å². The van der Waals surface area contributed by atoms with E-state index in [1.807, 2.05) is 9.29 Å². The first-order valence-corrected chi connectivity index (χ1v) is 12.0. The summed E-state index contributed by atoms with van der Waals surface area (Å²) >= 11 is 0. The first kappa shape index (κ1) is 22.8. The number of pyridine rings is 1. The fourth-order valence-corrected chi connectivity index (χ4v) is 5.50. The zero-order valence-corrected chi connectivity index (χ0v) is 18.4. The normalized spacial score (nSPS) is 14.6. The van der Waals surface area contributed by atoms with Crippen LogP contribution in [-0.4, -0.2) is 37.4 Å². The third-order valence-electron chi connectivity index (χ3n) is 5.92. The minimum absolute atomic E-state index is 0.125. The van der Waals surface area contributed by atoms with Crippen LogP contribution in [0.3, 0.4) is 0 Å². The number of hydrogen-bond donors (Lipinski definition) is 1. The van der Waals surface area contributed by atoms with E-state index >= 15 is 0 Å². The molecule has 0 spiro atoms. The lowest BCUT2D eigenvalue weighted by Crippen LogP contribution is -2.37. The Bertz CT molecular complexity index is 1360. The Morgan fingerprint density at radius 2 is 1.85 bits per heavy atom. The van der Waals surface area contributed by atoms with Crippen molar-refractivity contribution in [1.29, 1.82) is 10.5 Å². The molecule has 0 bridgehead atoms. The number of alkyl halides is 2. The number of benzene rings is 1. The number of aromatic nitrogens is 2. The largest absolute Gasteiger partial charge is 0.335 e. The molecule has 1 fully saturated rings. The topological polar surface area (TPSA) is 112 Å². The molecule has 1 aliphatic carbocycles. The molecule has 1 saturated carbocycles. The molecule has 7 nitrogen and oxygen atoms in total. The molecule has 33 heavy (non-hydrogen) atoms. The van der Waals surface area contributed by atoms with Crippen LogP contribution in [0.1, 0.15) is 42.9 Å². The van der Waals surface area contributed by atoms with Crippen LogP contribution in [0.25, 0.3) is 22.3 Å². The first-order chi connectivity index (χ1) is 15.9. The fraction of sp³-hybridized carbons (Fsp3) is 0.348. The van der Waals surface area contributed by atoms with Gasteiger partial charge in [-0.05, 0) is 37.1 Å². The molecule has 3 aromatic rings. The number of nitrogens with one attached hydrogen (secondary N) is 1. The standard InChI is InChI=1S/C23H21F2N5O2S/c24-10-16(11-25)29-33(31,32)18-6-8-21(28-14-18)23-20(13-27)19-7-5-15(12-26)9-22(19)30(23)17-3-1-2-4-17/h5-9,14,16-17,29H,1-4,10-11H2. The van der Waals surface area contributed by atoms with Gasteiger partial charge in [0.25, 0.3) is 0 Å². The van der Waals surface area contributed by atoms with Crippen molar-refractivity contribution in [3.63, 3.8) is 0 Å². The zero-order chi connectivity index (χ0) is 23.6. The predicted molar refractivity (Wildman–Crippen MR) is 118 cm³/mol. The molecular weight excluding hydrogens is 448 g/mol. The Hall–Kier alpha value is -3.34. The molecule has 170 valence electrons. The Morgan fingerprint density at radius 1 is 1.12 bits per heavy atom. The lowest BCUT2D eigenvalue weighted by Gasteiger charge is -2.18. The summed E-state index contributed by atoms with van der Waals surface area (Å²) in [4.78, 5) is 4.08. The molecule has 2 heterocycles. The molecule has 0 atom stereocenters. The maximum Gasteiger partial charge on any atom is 0.242 e. The number of halogens is 2. The van der Waals surface area contributed by atoms with Crippen LogP contribution in [0.15, 0.2) is 41.4 Å². The molecule has 1 aromatic carbocycles. The number of nitriles is 2. The molecule has 0 amide bonds. The zero-order valence-electron chi connectivity index (χ0n) is 17.6. The summed E-state index contributed by atoms with van der Waals surface area (Å²) in [5, 5.41) is 20.0. The maximum absolute atomic E-state index is 12.8. The summed E-state index contributed by atoms with van der Waals surface area (Å²) < 4.78 is 54.5. The summed E-state index contributed by atoms with van der Waals surface area (Å²) in [6.45, 7) is -2.34. The summed E-state index contributed by atoms with van der Waals surface area (Å²) in [6.07, 6.45) is 5.05. The van der Waals surface area contributed by atoms with Gasteiger partial charge >= 0.3 is 0 Å². The summed E-state index contributed by atoms with van der Waals surface area (Å²) in [7, 11) is -4.16. The third-order valence-corrected chi connectivity index (χ3v) is 7.42. The quantitative estimate of drug-likeness (QED) is 0.559. The number of fused-ring (bicyclic) bond motifs is 1. The second kappa shape index (κ2) is 9.26. The van der Waals surface area contributed by atoms with Gasteiger partial charge in [0.2, 0.25) is 10.0 Å². The van der Waals surface area contributed by atoms with Gasteiger partial charge in [0, 0.05) is 17.6 Å². The van der Waals surface area contributed by atoms with Crippen LogP contribution in [0, 0.1) is 22.7 Å². The van der Waals surface area contributed by atoms with Crippen molar-refractivity contribution in [2.45, 2.75) is 42.7 Å². The molecule has 0 unspecified atom stereocenters. The van der Waals surface area contributed by atoms with E-state index in [0.29, 0.717) is 27.9 Å². The molecule has 0 saturated heterocycles. The van der Waals surface area contributed by atoms with Crippen molar-refractivity contribution in [2.75, 3.05) is 13.3 Å². The highest BCUT2D eigenvalue weighted by Crippen LogP contribution is 2.41. The van der Waals surface area contributed by atoms with Crippen molar-refractivity contribution >= 4 is 20.9 Å². The van der Waals surface area contributed by atoms with Crippen molar-refractivity contribution in [2.24, 2.45) is 0 Å². The van der Waals surface area contributed by atoms with Crippen molar-refractivity contribution in [3.8, 4) is 23.5 Å². The molecule has 1 N–H and O–H groups in total. The lowest BCUT2D eigenvalue weighted by atomic mass is 10.1. The Balaban J connectivity index is 1.85. The van der Waals surface area contributed by atoms with E-state index in [9.17, 15) is 27.7 Å². The molecule has 0 aliphatic heterocycles. The number of rotatable bonds is 7. The average Bonchev–Trinajstić information content (AvgIpc) is 3.47. The number of nitrogens with zero attached hydrogens (tertiary/aromatic N) is 4. The van der Waals surface area contributed by atoms with Crippen LogP contribution in [0.5, 0.6) is 0 Å². The van der Waals surface area contributed by atoms with Gasteiger partial charge in [-0.2, -0.15) is 10.5 Å². The van der Waals surface area contributed by atoms with Crippen LogP contribution in [0.4, 0.5) is 8.78 Å². The second-order valence-electron chi connectivity index (χ2n) is 7.99. The molecule has 4 rings (SSSR count). The van der Waals surface area contributed by atoms with Gasteiger partial charge < -0.3 is 4.57 Å². The monoisotopic (exact) mass is 469 g/mol. The van der Waals surface area contributed by atoms with Gasteiger partial charge in [-0.3, -0.25) is 4.98 Å².